The van der Waals surface area contributed by atoms with Crippen LogP contribution in [0.25, 0.3) is 0 Å². The summed E-state index contributed by atoms with van der Waals surface area (Å²) in [7, 11) is 1.71. The van der Waals surface area contributed by atoms with Crippen LogP contribution in [0, 0.1) is 18.3 Å². The molecule has 0 aromatic rings. The van der Waals surface area contributed by atoms with Gasteiger partial charge in [0.2, 0.25) is 0 Å². The van der Waals surface area contributed by atoms with Gasteiger partial charge in [-0.15, -0.1) is 12.3 Å². The van der Waals surface area contributed by atoms with Gasteiger partial charge in [0.25, 0.3) is 0 Å². The molecular weight excluding hydrogens is 163 g/mol. The van der Waals surface area contributed by atoms with Crippen LogP contribution in [0.4, 0.5) is 0 Å². The van der Waals surface area contributed by atoms with E-state index in [1.807, 2.05) is 0 Å². The summed E-state index contributed by atoms with van der Waals surface area (Å²) in [6.45, 7) is 0. The molecule has 0 aliphatic carbocycles. The fraction of sp³-hybridized carbons (Fsp3) is 0.714. The summed E-state index contributed by atoms with van der Waals surface area (Å²) < 4.78 is 5.26. The molecule has 1 saturated heterocycles. The maximum atomic E-state index is 5.30. The zero-order valence-electron chi connectivity index (χ0n) is 6.04. The Balaban J connectivity index is 2.60. The van der Waals surface area contributed by atoms with Crippen molar-refractivity contribution in [1.82, 2.24) is 0 Å². The van der Waals surface area contributed by atoms with E-state index in [0.717, 1.165) is 18.7 Å². The molecule has 2 atom stereocenters. The molecule has 0 N–H and O–H groups in total. The zero-order valence-corrected chi connectivity index (χ0v) is 7.75. The Kier molecular flexibility index (Phi) is 2.52. The van der Waals surface area contributed by atoms with Crippen LogP contribution in [0.2, 0.25) is 0 Å². The molecule has 1 heterocycles. The molecule has 1 aliphatic rings. The predicted octanol–water partition coefficient (Wildman–Crippen LogP) is 1.68. The Bertz CT molecular complexity index is 206. The maximum Gasteiger partial charge on any atom is 0.0682 e. The molecule has 3 heteroatoms. The molecule has 2 unspecified atom stereocenters. The largest absolute Gasteiger partial charge is 0.354 e. The van der Waals surface area contributed by atoms with Gasteiger partial charge >= 0.3 is 0 Å². The van der Waals surface area contributed by atoms with Crippen LogP contribution in [0.15, 0.2) is 0 Å². The quantitative estimate of drug-likeness (QED) is 0.442. The summed E-state index contributed by atoms with van der Waals surface area (Å²) in [6.07, 6.45) is 6.90. The topological polar surface area (TPSA) is 9.23 Å². The maximum absolute atomic E-state index is 5.30. The number of rotatable bonds is 1. The Morgan fingerprint density at radius 1 is 1.80 bits per heavy atom. The Morgan fingerprint density at radius 3 is 2.80 bits per heavy atom. The summed E-state index contributed by atoms with van der Waals surface area (Å²) in [5, 5.41) is 0. The Labute approximate surface area is 67.2 Å². The molecule has 0 amide bonds. The molecule has 1 fully saturated rings. The predicted molar refractivity (Wildman–Crippen MR) is 48.0 cm³/mol. The van der Waals surface area contributed by atoms with Crippen molar-refractivity contribution in [2.24, 2.45) is 5.92 Å². The fourth-order valence-electron chi connectivity index (χ4n) is 1.17. The first-order valence-corrected chi connectivity index (χ1v) is 6.39. The molecule has 0 aromatic carbocycles. The molecule has 10 heavy (non-hydrogen) atoms. The summed E-state index contributed by atoms with van der Waals surface area (Å²) in [5.41, 5.74) is 0. The smallest absolute Gasteiger partial charge is 0.0682 e. The summed E-state index contributed by atoms with van der Waals surface area (Å²) >= 11 is 5.30. The van der Waals surface area contributed by atoms with Gasteiger partial charge in [-0.3, -0.25) is 0 Å². The van der Waals surface area contributed by atoms with Gasteiger partial charge in [0.15, 0.2) is 0 Å². The second-order valence-corrected chi connectivity index (χ2v) is 7.36. The van der Waals surface area contributed by atoms with E-state index in [4.69, 9.17) is 22.8 Å². The highest BCUT2D eigenvalue weighted by atomic mass is 32.4. The lowest BCUT2D eigenvalue weighted by Gasteiger charge is -2.10. The van der Waals surface area contributed by atoms with E-state index in [9.17, 15) is 0 Å². The van der Waals surface area contributed by atoms with E-state index in [1.165, 1.54) is 0 Å². The van der Waals surface area contributed by atoms with Crippen LogP contribution in [0.1, 0.15) is 6.42 Å². The summed E-state index contributed by atoms with van der Waals surface area (Å²) in [5.74, 6) is 3.13. The zero-order chi connectivity index (χ0) is 7.61. The Morgan fingerprint density at radius 2 is 2.50 bits per heavy atom. The highest BCUT2D eigenvalue weighted by Gasteiger charge is 2.28. The van der Waals surface area contributed by atoms with Gasteiger partial charge in [0.1, 0.15) is 0 Å². The first kappa shape index (κ1) is 8.27. The van der Waals surface area contributed by atoms with Crippen LogP contribution in [-0.2, 0) is 16.3 Å². The first-order chi connectivity index (χ1) is 4.70. The summed E-state index contributed by atoms with van der Waals surface area (Å²) in [6, 6.07) is 0. The van der Waals surface area contributed by atoms with E-state index >= 15 is 0 Å². The van der Waals surface area contributed by atoms with Crippen LogP contribution >= 0.6 is 6.26 Å². The van der Waals surface area contributed by atoms with E-state index < -0.39 is 6.26 Å². The van der Waals surface area contributed by atoms with Crippen molar-refractivity contribution >= 4 is 18.1 Å². The van der Waals surface area contributed by atoms with Gasteiger partial charge in [-0.2, -0.15) is 0 Å². The van der Waals surface area contributed by atoms with Crippen LogP contribution in [-0.4, -0.2) is 19.4 Å². The van der Waals surface area contributed by atoms with Crippen molar-refractivity contribution in [2.45, 2.75) is 6.42 Å². The molecule has 1 rings (SSSR count). The lowest BCUT2D eigenvalue weighted by molar-refractivity contribution is 0.462. The van der Waals surface area contributed by atoms with Crippen LogP contribution in [0.3, 0.4) is 0 Å². The van der Waals surface area contributed by atoms with Gasteiger partial charge in [0.05, 0.1) is 6.26 Å². The minimum atomic E-state index is -1.43. The number of hydrogen-bond donors (Lipinski definition) is 0. The Hall–Kier alpha value is 0.170. The monoisotopic (exact) mass is 174 g/mol. The molecule has 1 aliphatic heterocycles. The lowest BCUT2D eigenvalue weighted by Crippen LogP contribution is -1.92. The minimum absolute atomic E-state index is 0.394. The van der Waals surface area contributed by atoms with Gasteiger partial charge in [-0.1, -0.05) is 11.8 Å². The normalized spacial score (nSPS) is 39.4. The molecular formula is C7H11OPS. The standard InChI is InChI=1S/C7H11OPS/c1-3-7-4-5-9(10,6-7)8-2/h1,7H,4-6H2,2H3. The van der Waals surface area contributed by atoms with Crippen molar-refractivity contribution < 1.29 is 4.52 Å². The molecule has 0 bridgehead atoms. The highest BCUT2D eigenvalue weighted by Crippen LogP contribution is 2.54. The van der Waals surface area contributed by atoms with Gasteiger partial charge in [0, 0.05) is 25.4 Å². The second-order valence-electron chi connectivity index (χ2n) is 2.56. The second kappa shape index (κ2) is 3.05. The summed E-state index contributed by atoms with van der Waals surface area (Å²) in [4.78, 5) is 0. The molecule has 0 radical (unpaired) electrons. The fourth-order valence-corrected chi connectivity index (χ4v) is 4.21. The van der Waals surface area contributed by atoms with Gasteiger partial charge in [-0.25, -0.2) is 0 Å². The first-order valence-electron chi connectivity index (χ1n) is 3.30. The third kappa shape index (κ3) is 1.61. The van der Waals surface area contributed by atoms with Gasteiger partial charge in [-0.05, 0) is 6.42 Å². The lowest BCUT2D eigenvalue weighted by atomic mass is 10.1. The van der Waals surface area contributed by atoms with E-state index in [-0.39, 0.29) is 0 Å². The van der Waals surface area contributed by atoms with Crippen molar-refractivity contribution in [3.63, 3.8) is 0 Å². The van der Waals surface area contributed by atoms with Crippen molar-refractivity contribution in [3.8, 4) is 12.3 Å². The average Bonchev–Trinajstić information content (AvgIpc) is 2.33. The molecule has 56 valence electrons. The SMILES string of the molecule is C#CC1CCP(=S)(OC)C1. The minimum Gasteiger partial charge on any atom is -0.354 e. The van der Waals surface area contributed by atoms with Crippen LogP contribution < -0.4 is 0 Å². The van der Waals surface area contributed by atoms with E-state index in [2.05, 4.69) is 5.92 Å². The third-order valence-electron chi connectivity index (χ3n) is 1.89. The average molecular weight is 174 g/mol. The van der Waals surface area contributed by atoms with Crippen molar-refractivity contribution in [1.29, 1.82) is 0 Å². The third-order valence-corrected chi connectivity index (χ3v) is 5.93. The highest BCUT2D eigenvalue weighted by molar-refractivity contribution is 8.12. The molecule has 0 spiro atoms. The van der Waals surface area contributed by atoms with Crippen molar-refractivity contribution in [2.75, 3.05) is 19.4 Å². The molecule has 0 saturated carbocycles. The number of terminal acetylenes is 1. The molecule has 1 nitrogen and oxygen atoms in total. The number of hydrogen-bond acceptors (Lipinski definition) is 2. The molecule has 0 aromatic heterocycles. The van der Waals surface area contributed by atoms with Crippen LogP contribution in [0.5, 0.6) is 0 Å². The van der Waals surface area contributed by atoms with E-state index in [1.54, 1.807) is 7.11 Å². The van der Waals surface area contributed by atoms with Crippen molar-refractivity contribution in [3.05, 3.63) is 0 Å². The van der Waals surface area contributed by atoms with Gasteiger partial charge < -0.3 is 4.52 Å². The van der Waals surface area contributed by atoms with E-state index in [0.29, 0.717) is 5.92 Å².